The summed E-state index contributed by atoms with van der Waals surface area (Å²) in [6, 6.07) is 0. The van der Waals surface area contributed by atoms with Crippen molar-refractivity contribution in [3.05, 3.63) is 11.8 Å². The largest absolute Gasteiger partial charge is 1.00 e. The standard InChI is InChI=1S/C5H6O2.2C2H4O2.2Hg/c1-4(6)3-5(2)7;2*1-2(3)4;;/h1-2H3;2*1H3,(H,3,4);;/q;;;2*+1/p-2. The number of aliphatic carboxylic acids is 2. The van der Waals surface area contributed by atoms with Crippen molar-refractivity contribution in [1.82, 2.24) is 0 Å². The van der Waals surface area contributed by atoms with Crippen LogP contribution in [-0.2, 0) is 69.7 Å². The van der Waals surface area contributed by atoms with E-state index in [0.29, 0.717) is 0 Å². The summed E-state index contributed by atoms with van der Waals surface area (Å²) in [5.41, 5.74) is 0. The molecule has 0 heterocycles. The first-order chi connectivity index (χ1) is 6.59. The monoisotopic (exact) mass is 620 g/mol. The van der Waals surface area contributed by atoms with Crippen molar-refractivity contribution in [2.45, 2.75) is 27.7 Å². The van der Waals surface area contributed by atoms with Gasteiger partial charge in [-0.3, -0.25) is 0 Å². The Kier molecular flexibility index (Phi) is 37.7. The van der Waals surface area contributed by atoms with E-state index in [4.69, 9.17) is 19.8 Å². The number of carboxylic acids is 2. The Balaban J connectivity index is -0.0000000425. The molecule has 0 spiro atoms. The second-order valence-corrected chi connectivity index (χ2v) is 2.22. The van der Waals surface area contributed by atoms with Crippen LogP contribution in [-0.4, -0.2) is 17.7 Å². The minimum atomic E-state index is -1.08. The fraction of sp³-hybridized carbons (Fsp3) is 0.444. The Morgan fingerprint density at radius 3 is 0.941 bits per heavy atom. The summed E-state index contributed by atoms with van der Waals surface area (Å²) in [6.45, 7) is 4.53. The third kappa shape index (κ3) is 200. The van der Waals surface area contributed by atoms with E-state index in [1.807, 2.05) is 6.08 Å². The molecule has 8 heteroatoms. The van der Waals surface area contributed by atoms with Gasteiger partial charge < -0.3 is 24.9 Å². The van der Waals surface area contributed by atoms with Gasteiger partial charge in [0, 0.05) is 11.9 Å². The van der Waals surface area contributed by atoms with Crippen LogP contribution in [0.2, 0.25) is 0 Å². The van der Waals surface area contributed by atoms with Crippen LogP contribution in [0.5, 0.6) is 0 Å². The van der Waals surface area contributed by atoms with E-state index in [9.17, 15) is 9.90 Å². The average Bonchev–Trinajstić information content (AvgIpc) is 1.78. The van der Waals surface area contributed by atoms with Gasteiger partial charge in [-0.05, 0) is 20.8 Å². The van der Waals surface area contributed by atoms with Crippen LogP contribution in [0.15, 0.2) is 5.76 Å². The first kappa shape index (κ1) is 30.2. The molecule has 0 aromatic heterocycles. The van der Waals surface area contributed by atoms with E-state index >= 15 is 0 Å². The van der Waals surface area contributed by atoms with Crippen molar-refractivity contribution in [1.29, 1.82) is 0 Å². The number of hydrogen-bond donors (Lipinski definition) is 0. The third-order valence-electron chi connectivity index (χ3n) is 0.352. The van der Waals surface area contributed by atoms with Gasteiger partial charge in [0.25, 0.3) is 6.08 Å². The molecule has 0 aromatic rings. The Morgan fingerprint density at radius 1 is 0.765 bits per heavy atom. The van der Waals surface area contributed by atoms with Crippen LogP contribution in [0.25, 0.3) is 0 Å². The maximum atomic E-state index is 9.92. The number of ketones is 1. The molecule has 88 valence electrons. The molecule has 0 atom stereocenters. The Hall–Kier alpha value is -0.0699. The van der Waals surface area contributed by atoms with Crippen LogP contribution >= 0.6 is 0 Å². The molecule has 0 N–H and O–H groups in total. The van der Waals surface area contributed by atoms with Gasteiger partial charge in [0.15, 0.2) is 0 Å². The zero-order valence-electron chi connectivity index (χ0n) is 10.4. The second kappa shape index (κ2) is 21.2. The molecular weight excluding hydrogens is 605 g/mol. The van der Waals surface area contributed by atoms with Gasteiger partial charge in [0.2, 0.25) is 0 Å². The molecule has 0 bridgehead atoms. The SMILES string of the molecule is CC(=O)[C+]=C(C)[O-].CC(=O)[O-].CC(=O)[O-].[Hg+].[Hg+]. The number of carbonyl (C=O) groups excluding carboxylic acids is 3. The smallest absolute Gasteiger partial charge is 0.835 e. The van der Waals surface area contributed by atoms with Gasteiger partial charge in [-0.15, -0.1) is 0 Å². The number of hydrogen-bond acceptors (Lipinski definition) is 6. The number of Topliss-reactive ketones (excluding diaryl/α,β-unsaturated/α-hetero) is 1. The summed E-state index contributed by atoms with van der Waals surface area (Å²) in [7, 11) is 0. The van der Waals surface area contributed by atoms with E-state index in [0.717, 1.165) is 13.8 Å². The molecule has 17 heavy (non-hydrogen) atoms. The van der Waals surface area contributed by atoms with Gasteiger partial charge in [-0.1, -0.05) is 0 Å². The van der Waals surface area contributed by atoms with Gasteiger partial charge in [-0.2, -0.15) is 0 Å². The fourth-order valence-corrected chi connectivity index (χ4v) is 0.248. The van der Waals surface area contributed by atoms with E-state index < -0.39 is 11.9 Å². The van der Waals surface area contributed by atoms with Crippen molar-refractivity contribution >= 4 is 17.7 Å². The summed E-state index contributed by atoms with van der Waals surface area (Å²) >= 11 is 0. The van der Waals surface area contributed by atoms with E-state index in [2.05, 4.69) is 0 Å². The molecule has 0 amide bonds. The number of carbonyl (C=O) groups is 3. The Morgan fingerprint density at radius 2 is 0.941 bits per heavy atom. The molecule has 0 aromatic carbocycles. The van der Waals surface area contributed by atoms with E-state index in [1.54, 1.807) is 0 Å². The number of allylic oxidation sites excluding steroid dienone is 2. The Labute approximate surface area is 141 Å². The molecule has 0 fully saturated rings. The topological polar surface area (TPSA) is 120 Å². The fourth-order valence-electron chi connectivity index (χ4n) is 0.248. The molecule has 2 radical (unpaired) electrons. The first-order valence-corrected chi connectivity index (χ1v) is 3.72. The summed E-state index contributed by atoms with van der Waals surface area (Å²) in [4.78, 5) is 27.7. The zero-order valence-corrected chi connectivity index (χ0v) is 21.4. The molecule has 0 saturated carbocycles. The summed E-state index contributed by atoms with van der Waals surface area (Å²) in [5, 5.41) is 27.7. The molecule has 6 nitrogen and oxygen atoms in total. The minimum Gasteiger partial charge on any atom is -0.835 e. The predicted molar refractivity (Wildman–Crippen MR) is 44.5 cm³/mol. The van der Waals surface area contributed by atoms with Crippen LogP contribution in [0.1, 0.15) is 27.7 Å². The number of carboxylic acid groups (broad SMARTS) is 2. The first-order valence-electron chi connectivity index (χ1n) is 3.72. The summed E-state index contributed by atoms with van der Waals surface area (Å²) in [5.74, 6) is -2.79. The molecule has 0 unspecified atom stereocenters. The van der Waals surface area contributed by atoms with Crippen molar-refractivity contribution in [3.63, 3.8) is 0 Å². The van der Waals surface area contributed by atoms with Crippen LogP contribution < -0.4 is 15.3 Å². The number of rotatable bonds is 1. The van der Waals surface area contributed by atoms with Crippen LogP contribution in [0.3, 0.4) is 0 Å². The normalized spacial score (nSPS) is 7.18. The van der Waals surface area contributed by atoms with Crippen LogP contribution in [0.4, 0.5) is 0 Å². The molecular formula is C9H12Hg2O6. The second-order valence-electron chi connectivity index (χ2n) is 2.22. The predicted octanol–water partition coefficient (Wildman–Crippen LogP) is -2.85. The maximum absolute atomic E-state index is 9.92. The van der Waals surface area contributed by atoms with E-state index in [1.165, 1.54) is 13.8 Å². The molecule has 0 aliphatic carbocycles. The van der Waals surface area contributed by atoms with Crippen LogP contribution in [0, 0.1) is 6.08 Å². The molecule has 0 rings (SSSR count). The quantitative estimate of drug-likeness (QED) is 0.135. The van der Waals surface area contributed by atoms with Crippen molar-refractivity contribution < 1.29 is 85.0 Å². The maximum Gasteiger partial charge on any atom is 1.00 e. The van der Waals surface area contributed by atoms with Gasteiger partial charge in [0.05, 0.1) is 6.92 Å². The Bertz CT molecular complexity index is 226. The van der Waals surface area contributed by atoms with Crippen molar-refractivity contribution in [2.75, 3.05) is 0 Å². The van der Waals surface area contributed by atoms with E-state index in [-0.39, 0.29) is 66.9 Å². The molecule has 0 aliphatic heterocycles. The molecule has 0 aliphatic rings. The average molecular weight is 617 g/mol. The third-order valence-corrected chi connectivity index (χ3v) is 0.352. The van der Waals surface area contributed by atoms with Crippen molar-refractivity contribution in [2.24, 2.45) is 0 Å². The van der Waals surface area contributed by atoms with Gasteiger partial charge >= 0.3 is 61.1 Å². The summed E-state index contributed by atoms with van der Waals surface area (Å²) < 4.78 is 0. The minimum absolute atomic E-state index is 0. The van der Waals surface area contributed by atoms with Gasteiger partial charge in [-0.25, -0.2) is 4.79 Å². The van der Waals surface area contributed by atoms with Gasteiger partial charge in [0.1, 0.15) is 5.76 Å². The summed E-state index contributed by atoms with van der Waals surface area (Å²) in [6.07, 6.45) is 2.03. The zero-order chi connectivity index (χ0) is 13.0. The van der Waals surface area contributed by atoms with Crippen molar-refractivity contribution in [3.8, 4) is 0 Å². The molecule has 0 saturated heterocycles.